The first-order valence-electron chi connectivity index (χ1n) is 12.7. The predicted molar refractivity (Wildman–Crippen MR) is 144 cm³/mol. The van der Waals surface area contributed by atoms with E-state index in [0.29, 0.717) is 32.0 Å². The van der Waals surface area contributed by atoms with Gasteiger partial charge in [-0.1, -0.05) is 0 Å². The van der Waals surface area contributed by atoms with Gasteiger partial charge in [-0.05, 0) is 80.8 Å². The smallest absolute Gasteiger partial charge is 0.263 e. The fourth-order valence-electron chi connectivity index (χ4n) is 5.13. The Bertz CT molecular complexity index is 1420. The molecule has 1 aromatic heterocycles. The third-order valence-corrected chi connectivity index (χ3v) is 8.51. The molecule has 2 aliphatic rings. The molecule has 1 amide bonds. The molecule has 0 radical (unpaired) electrons. The third kappa shape index (κ3) is 5.42. The molecule has 0 saturated carbocycles. The van der Waals surface area contributed by atoms with Crippen LogP contribution in [0.4, 0.5) is 21.6 Å². The topological polar surface area (TPSA) is 98.7 Å². The Kier molecular flexibility index (Phi) is 7.20. The van der Waals surface area contributed by atoms with Crippen LogP contribution in [-0.4, -0.2) is 68.0 Å². The molecule has 1 fully saturated rings. The first-order chi connectivity index (χ1) is 18.2. The maximum absolute atomic E-state index is 13.7. The number of sulfonamides is 1. The number of piperazine rings is 1. The molecule has 2 aliphatic heterocycles. The zero-order valence-corrected chi connectivity index (χ0v) is 22.3. The van der Waals surface area contributed by atoms with E-state index in [1.165, 1.54) is 18.3 Å². The van der Waals surface area contributed by atoms with E-state index in [1.54, 1.807) is 43.3 Å². The van der Waals surface area contributed by atoms with Gasteiger partial charge in [-0.2, -0.15) is 0 Å². The van der Waals surface area contributed by atoms with E-state index in [0.717, 1.165) is 36.3 Å². The molecular weight excluding hydrogens is 507 g/mol. The second kappa shape index (κ2) is 10.6. The molecule has 1 N–H and O–H groups in total. The van der Waals surface area contributed by atoms with E-state index < -0.39 is 10.0 Å². The van der Waals surface area contributed by atoms with E-state index >= 15 is 0 Å². The minimum Gasteiger partial charge on any atom is -0.368 e. The number of fused-ring (bicyclic) bond motifs is 1. The summed E-state index contributed by atoms with van der Waals surface area (Å²) in [7, 11) is -3.78. The first kappa shape index (κ1) is 25.9. The maximum Gasteiger partial charge on any atom is 0.263 e. The Morgan fingerprint density at radius 2 is 1.76 bits per heavy atom. The van der Waals surface area contributed by atoms with Gasteiger partial charge in [0.2, 0.25) is 5.91 Å². The van der Waals surface area contributed by atoms with Crippen LogP contribution >= 0.6 is 0 Å². The monoisotopic (exact) mass is 538 g/mol. The van der Waals surface area contributed by atoms with Crippen LogP contribution in [0.2, 0.25) is 0 Å². The number of aryl methyl sites for hydroxylation is 2. The van der Waals surface area contributed by atoms with E-state index in [4.69, 9.17) is 0 Å². The Morgan fingerprint density at radius 3 is 2.47 bits per heavy atom. The quantitative estimate of drug-likeness (QED) is 0.515. The first-order valence-corrected chi connectivity index (χ1v) is 14.2. The maximum atomic E-state index is 13.7. The molecule has 1 atom stereocenters. The number of amides is 1. The fraction of sp³-hybridized carbons (Fsp3) is 0.370. The van der Waals surface area contributed by atoms with Gasteiger partial charge < -0.3 is 14.7 Å². The third-order valence-electron chi connectivity index (χ3n) is 7.14. The molecule has 38 heavy (non-hydrogen) atoms. The summed E-state index contributed by atoms with van der Waals surface area (Å²) in [5.41, 5.74) is 2.79. The molecule has 1 saturated heterocycles. The van der Waals surface area contributed by atoms with Crippen molar-refractivity contribution in [3.05, 3.63) is 71.9 Å². The highest BCUT2D eigenvalue weighted by Crippen LogP contribution is 2.30. The minimum absolute atomic E-state index is 0.0642. The van der Waals surface area contributed by atoms with Crippen LogP contribution < -0.4 is 14.5 Å². The number of nitrogens with one attached hydrogen (secondary N) is 1. The highest BCUT2D eigenvalue weighted by molar-refractivity contribution is 7.92. The van der Waals surface area contributed by atoms with Crippen molar-refractivity contribution < 1.29 is 17.6 Å². The van der Waals surface area contributed by atoms with Crippen LogP contribution in [0.25, 0.3) is 0 Å². The van der Waals surface area contributed by atoms with E-state index in [2.05, 4.69) is 24.5 Å². The van der Waals surface area contributed by atoms with Crippen LogP contribution in [0, 0.1) is 12.7 Å². The Balaban J connectivity index is 1.19. The largest absolute Gasteiger partial charge is 0.368 e. The number of hydrogen-bond donors (Lipinski definition) is 1. The number of nitrogens with zero attached hydrogens (tertiary/aromatic N) is 5. The molecule has 9 nitrogen and oxygen atoms in total. The number of halogens is 1. The van der Waals surface area contributed by atoms with Gasteiger partial charge in [-0.3, -0.25) is 9.52 Å². The lowest BCUT2D eigenvalue weighted by Gasteiger charge is -2.41. The number of rotatable bonds is 6. The number of hydrogen-bond acceptors (Lipinski definition) is 7. The van der Waals surface area contributed by atoms with Crippen molar-refractivity contribution in [3.8, 4) is 0 Å². The van der Waals surface area contributed by atoms with Gasteiger partial charge >= 0.3 is 0 Å². The number of benzene rings is 2. The van der Waals surface area contributed by atoms with Crippen LogP contribution in [0.1, 0.15) is 24.7 Å². The van der Waals surface area contributed by atoms with Crippen molar-refractivity contribution >= 4 is 33.1 Å². The second-order valence-electron chi connectivity index (χ2n) is 9.65. The standard InChI is InChI=1S/C27H31FN6O3S/c1-19(34-13-3-4-21-18-22(28)5-10-25(21)34)27(35)33-16-14-32(15-17-33)23-6-8-24(9-7-23)38(36,37)31-26-11-12-29-20(2)30-26/h5-12,18-19H,3-4,13-17H2,1-2H3,(H,29,30,31)/t19-/m0/s1. The summed E-state index contributed by atoms with van der Waals surface area (Å²) in [6.45, 7) is 6.81. The van der Waals surface area contributed by atoms with E-state index in [-0.39, 0.29) is 28.5 Å². The lowest BCUT2D eigenvalue weighted by molar-refractivity contribution is -0.132. The van der Waals surface area contributed by atoms with Crippen LogP contribution in [0.3, 0.4) is 0 Å². The number of aromatic nitrogens is 2. The molecule has 5 rings (SSSR count). The SMILES string of the molecule is Cc1nccc(NS(=O)(=O)c2ccc(N3CCN(C(=O)[C@H](C)N4CCCc5cc(F)ccc54)CC3)cc2)n1. The summed E-state index contributed by atoms with van der Waals surface area (Å²) in [6.07, 6.45) is 3.21. The number of carbonyl (C=O) groups is 1. The normalized spacial score (nSPS) is 16.7. The summed E-state index contributed by atoms with van der Waals surface area (Å²) in [4.78, 5) is 27.7. The highest BCUT2D eigenvalue weighted by atomic mass is 32.2. The molecular formula is C27H31FN6O3S. The Labute approximate surface area is 222 Å². The highest BCUT2D eigenvalue weighted by Gasteiger charge is 2.31. The second-order valence-corrected chi connectivity index (χ2v) is 11.3. The van der Waals surface area contributed by atoms with Gasteiger partial charge in [0.25, 0.3) is 10.0 Å². The van der Waals surface area contributed by atoms with Crippen molar-refractivity contribution in [2.24, 2.45) is 0 Å². The molecule has 0 unspecified atom stereocenters. The zero-order chi connectivity index (χ0) is 26.9. The Hall–Kier alpha value is -3.73. The van der Waals surface area contributed by atoms with Crippen molar-refractivity contribution in [2.45, 2.75) is 37.6 Å². The van der Waals surface area contributed by atoms with Gasteiger partial charge in [-0.25, -0.2) is 22.8 Å². The van der Waals surface area contributed by atoms with Gasteiger partial charge in [0.05, 0.1) is 4.90 Å². The predicted octanol–water partition coefficient (Wildman–Crippen LogP) is 3.21. The van der Waals surface area contributed by atoms with Gasteiger partial charge in [0, 0.05) is 50.3 Å². The lowest BCUT2D eigenvalue weighted by atomic mass is 9.99. The summed E-state index contributed by atoms with van der Waals surface area (Å²) >= 11 is 0. The van der Waals surface area contributed by atoms with Crippen molar-refractivity contribution in [3.63, 3.8) is 0 Å². The number of anilines is 3. The van der Waals surface area contributed by atoms with Crippen LogP contribution in [-0.2, 0) is 21.2 Å². The molecule has 3 aromatic rings. The Morgan fingerprint density at radius 1 is 1.03 bits per heavy atom. The molecule has 3 heterocycles. The van der Waals surface area contributed by atoms with Crippen molar-refractivity contribution in [1.82, 2.24) is 14.9 Å². The molecule has 2 aromatic carbocycles. The van der Waals surface area contributed by atoms with Gasteiger partial charge in [0.1, 0.15) is 23.5 Å². The summed E-state index contributed by atoms with van der Waals surface area (Å²) in [5.74, 6) is 0.512. The summed E-state index contributed by atoms with van der Waals surface area (Å²) < 4.78 is 41.7. The van der Waals surface area contributed by atoms with Gasteiger partial charge in [-0.15, -0.1) is 0 Å². The fourth-order valence-corrected chi connectivity index (χ4v) is 6.13. The van der Waals surface area contributed by atoms with E-state index in [1.807, 2.05) is 11.8 Å². The lowest BCUT2D eigenvalue weighted by Crippen LogP contribution is -2.55. The van der Waals surface area contributed by atoms with Crippen molar-refractivity contribution in [2.75, 3.05) is 47.2 Å². The molecule has 11 heteroatoms. The molecule has 0 aliphatic carbocycles. The minimum atomic E-state index is -3.78. The summed E-state index contributed by atoms with van der Waals surface area (Å²) in [6, 6.07) is 12.7. The molecule has 0 spiro atoms. The van der Waals surface area contributed by atoms with Crippen molar-refractivity contribution in [1.29, 1.82) is 0 Å². The van der Waals surface area contributed by atoms with Crippen LogP contribution in [0.15, 0.2) is 59.6 Å². The summed E-state index contributed by atoms with van der Waals surface area (Å²) in [5, 5.41) is 0. The number of carbonyl (C=O) groups excluding carboxylic acids is 1. The average molecular weight is 539 g/mol. The average Bonchev–Trinajstić information content (AvgIpc) is 2.91. The van der Waals surface area contributed by atoms with E-state index in [9.17, 15) is 17.6 Å². The molecule has 0 bridgehead atoms. The van der Waals surface area contributed by atoms with Gasteiger partial charge in [0.15, 0.2) is 0 Å². The zero-order valence-electron chi connectivity index (χ0n) is 21.5. The van der Waals surface area contributed by atoms with Crippen LogP contribution in [0.5, 0.6) is 0 Å². The molecule has 200 valence electrons.